The van der Waals surface area contributed by atoms with Gasteiger partial charge in [0.05, 0.1) is 0 Å². The van der Waals surface area contributed by atoms with Crippen molar-refractivity contribution in [3.8, 4) is 0 Å². The van der Waals surface area contributed by atoms with Crippen LogP contribution in [0.2, 0.25) is 0 Å². The van der Waals surface area contributed by atoms with Crippen molar-refractivity contribution < 1.29 is 24.2 Å². The molecule has 0 heterocycles. The summed E-state index contributed by atoms with van der Waals surface area (Å²) in [6, 6.07) is -0.965. The van der Waals surface area contributed by atoms with Crippen LogP contribution in [0.15, 0.2) is 0 Å². The Hall–Kier alpha value is -1.79. The standard InChI is InChI=1S/C13H24N2O5/c1-6-8(2)10(11(17)18)15-9(16)7-14-12(19)20-13(3,4)5/h8,10H,6-7H2,1-5H3,(H,14,19)(H,15,16)(H,17,18)/t8-,10-/m0/s1. The number of carboxylic acid groups (broad SMARTS) is 1. The molecule has 116 valence electrons. The van der Waals surface area contributed by atoms with Crippen molar-refractivity contribution in [2.75, 3.05) is 6.54 Å². The number of carbonyl (C=O) groups is 3. The first-order chi connectivity index (χ1) is 9.06. The molecule has 7 nitrogen and oxygen atoms in total. The molecular weight excluding hydrogens is 264 g/mol. The van der Waals surface area contributed by atoms with Gasteiger partial charge < -0.3 is 20.5 Å². The zero-order valence-electron chi connectivity index (χ0n) is 12.6. The Bertz CT molecular complexity index is 362. The molecule has 0 bridgehead atoms. The van der Waals surface area contributed by atoms with Gasteiger partial charge in [-0.05, 0) is 26.7 Å². The van der Waals surface area contributed by atoms with Crippen LogP contribution in [0.1, 0.15) is 41.0 Å². The van der Waals surface area contributed by atoms with Crippen LogP contribution in [0.3, 0.4) is 0 Å². The largest absolute Gasteiger partial charge is 0.480 e. The lowest BCUT2D eigenvalue weighted by Crippen LogP contribution is -2.48. The maximum Gasteiger partial charge on any atom is 0.408 e. The van der Waals surface area contributed by atoms with Gasteiger partial charge in [0, 0.05) is 0 Å². The highest BCUT2D eigenvalue weighted by atomic mass is 16.6. The summed E-state index contributed by atoms with van der Waals surface area (Å²) in [5, 5.41) is 13.7. The van der Waals surface area contributed by atoms with Gasteiger partial charge in [-0.25, -0.2) is 9.59 Å². The lowest BCUT2D eigenvalue weighted by atomic mass is 9.99. The van der Waals surface area contributed by atoms with Gasteiger partial charge in [-0.2, -0.15) is 0 Å². The van der Waals surface area contributed by atoms with E-state index in [9.17, 15) is 14.4 Å². The Balaban J connectivity index is 4.28. The minimum Gasteiger partial charge on any atom is -0.480 e. The van der Waals surface area contributed by atoms with Crippen LogP contribution >= 0.6 is 0 Å². The number of aliphatic carboxylic acids is 1. The van der Waals surface area contributed by atoms with E-state index in [1.54, 1.807) is 27.7 Å². The lowest BCUT2D eigenvalue weighted by Gasteiger charge is -2.21. The van der Waals surface area contributed by atoms with Gasteiger partial charge in [0.15, 0.2) is 0 Å². The average molecular weight is 288 g/mol. The Morgan fingerprint density at radius 1 is 1.25 bits per heavy atom. The summed E-state index contributed by atoms with van der Waals surface area (Å²) in [6.45, 7) is 8.36. The highest BCUT2D eigenvalue weighted by Gasteiger charge is 2.25. The number of nitrogens with one attached hydrogen (secondary N) is 2. The number of amides is 2. The van der Waals surface area contributed by atoms with Crippen molar-refractivity contribution in [1.29, 1.82) is 0 Å². The van der Waals surface area contributed by atoms with Gasteiger partial charge >= 0.3 is 12.1 Å². The molecule has 0 radical (unpaired) electrons. The molecule has 0 fully saturated rings. The van der Waals surface area contributed by atoms with Crippen LogP contribution in [0.5, 0.6) is 0 Å². The van der Waals surface area contributed by atoms with Gasteiger partial charge in [-0.1, -0.05) is 20.3 Å². The maximum atomic E-state index is 11.6. The minimum absolute atomic E-state index is 0.196. The molecule has 3 N–H and O–H groups in total. The maximum absolute atomic E-state index is 11.6. The van der Waals surface area contributed by atoms with Crippen molar-refractivity contribution >= 4 is 18.0 Å². The molecule has 7 heteroatoms. The highest BCUT2D eigenvalue weighted by molar-refractivity contribution is 5.86. The van der Waals surface area contributed by atoms with E-state index in [1.807, 2.05) is 6.92 Å². The van der Waals surface area contributed by atoms with E-state index in [-0.39, 0.29) is 12.5 Å². The molecular formula is C13H24N2O5. The van der Waals surface area contributed by atoms with Gasteiger partial charge in [0.25, 0.3) is 0 Å². The third kappa shape index (κ3) is 7.60. The first-order valence-electron chi connectivity index (χ1n) is 6.55. The summed E-state index contributed by atoms with van der Waals surface area (Å²) in [4.78, 5) is 34.0. The summed E-state index contributed by atoms with van der Waals surface area (Å²) in [6.07, 6.45) is -0.0976. The number of alkyl carbamates (subject to hydrolysis) is 1. The molecule has 0 aromatic carbocycles. The summed E-state index contributed by atoms with van der Waals surface area (Å²) >= 11 is 0. The molecule has 0 rings (SSSR count). The number of ether oxygens (including phenoxy) is 1. The van der Waals surface area contributed by atoms with E-state index in [4.69, 9.17) is 9.84 Å². The molecule has 0 aliphatic carbocycles. The van der Waals surface area contributed by atoms with E-state index in [2.05, 4.69) is 10.6 Å². The molecule has 0 saturated heterocycles. The molecule has 0 saturated carbocycles. The predicted octanol–water partition coefficient (Wildman–Crippen LogP) is 1.13. The monoisotopic (exact) mass is 288 g/mol. The smallest absolute Gasteiger partial charge is 0.408 e. The fraction of sp³-hybridized carbons (Fsp3) is 0.769. The first-order valence-corrected chi connectivity index (χ1v) is 6.55. The summed E-state index contributed by atoms with van der Waals surface area (Å²) < 4.78 is 4.96. The molecule has 2 amide bonds. The molecule has 0 unspecified atom stereocenters. The Morgan fingerprint density at radius 3 is 2.20 bits per heavy atom. The Labute approximate surface area is 119 Å². The van der Waals surface area contributed by atoms with Crippen LogP contribution in [0.4, 0.5) is 4.79 Å². The number of hydrogen-bond donors (Lipinski definition) is 3. The third-order valence-corrected chi connectivity index (χ3v) is 2.59. The summed E-state index contributed by atoms with van der Waals surface area (Å²) in [5.41, 5.74) is -0.652. The third-order valence-electron chi connectivity index (χ3n) is 2.59. The van der Waals surface area contributed by atoms with Crippen LogP contribution in [-0.2, 0) is 14.3 Å². The zero-order chi connectivity index (χ0) is 15.9. The van der Waals surface area contributed by atoms with Gasteiger partial charge in [-0.15, -0.1) is 0 Å². The number of rotatable bonds is 6. The van der Waals surface area contributed by atoms with Gasteiger partial charge in [-0.3, -0.25) is 4.79 Å². The van der Waals surface area contributed by atoms with Crippen molar-refractivity contribution in [3.05, 3.63) is 0 Å². The van der Waals surface area contributed by atoms with Crippen LogP contribution in [0, 0.1) is 5.92 Å². The normalized spacial score (nSPS) is 14.1. The fourth-order valence-electron chi connectivity index (χ4n) is 1.37. The lowest BCUT2D eigenvalue weighted by molar-refractivity contribution is -0.143. The van der Waals surface area contributed by atoms with Crippen molar-refractivity contribution in [3.63, 3.8) is 0 Å². The van der Waals surface area contributed by atoms with Crippen LogP contribution < -0.4 is 10.6 Å². The summed E-state index contributed by atoms with van der Waals surface area (Å²) in [7, 11) is 0. The molecule has 0 aliphatic heterocycles. The number of carboxylic acids is 1. The van der Waals surface area contributed by atoms with E-state index < -0.39 is 29.6 Å². The van der Waals surface area contributed by atoms with Crippen molar-refractivity contribution in [2.45, 2.75) is 52.7 Å². The quantitative estimate of drug-likeness (QED) is 0.679. The Morgan fingerprint density at radius 2 is 1.80 bits per heavy atom. The SMILES string of the molecule is CC[C@H](C)[C@H](NC(=O)CNC(=O)OC(C)(C)C)C(=O)O. The number of carbonyl (C=O) groups excluding carboxylic acids is 2. The van der Waals surface area contributed by atoms with Crippen molar-refractivity contribution in [1.82, 2.24) is 10.6 Å². The second-order valence-electron chi connectivity index (χ2n) is 5.62. The van der Waals surface area contributed by atoms with E-state index in [1.165, 1.54) is 0 Å². The highest BCUT2D eigenvalue weighted by Crippen LogP contribution is 2.08. The van der Waals surface area contributed by atoms with E-state index >= 15 is 0 Å². The molecule has 0 spiro atoms. The number of hydrogen-bond acceptors (Lipinski definition) is 4. The first kappa shape index (κ1) is 18.2. The average Bonchev–Trinajstić information content (AvgIpc) is 2.30. The molecule has 0 aromatic heterocycles. The van der Waals surface area contributed by atoms with E-state index in [0.29, 0.717) is 6.42 Å². The fourth-order valence-corrected chi connectivity index (χ4v) is 1.37. The minimum atomic E-state index is -1.09. The van der Waals surface area contributed by atoms with Gasteiger partial charge in [0.2, 0.25) is 5.91 Å². The predicted molar refractivity (Wildman–Crippen MR) is 73.3 cm³/mol. The Kier molecular flexibility index (Phi) is 7.02. The second kappa shape index (κ2) is 7.72. The van der Waals surface area contributed by atoms with Gasteiger partial charge in [0.1, 0.15) is 18.2 Å². The topological polar surface area (TPSA) is 105 Å². The van der Waals surface area contributed by atoms with E-state index in [0.717, 1.165) is 0 Å². The molecule has 0 aromatic rings. The second-order valence-corrected chi connectivity index (χ2v) is 5.62. The summed E-state index contributed by atoms with van der Waals surface area (Å²) in [5.74, 6) is -1.86. The van der Waals surface area contributed by atoms with Crippen molar-refractivity contribution in [2.24, 2.45) is 5.92 Å². The van der Waals surface area contributed by atoms with Crippen LogP contribution in [-0.4, -0.2) is 41.3 Å². The molecule has 0 aliphatic rings. The zero-order valence-corrected chi connectivity index (χ0v) is 12.6. The molecule has 20 heavy (non-hydrogen) atoms. The van der Waals surface area contributed by atoms with Crippen LogP contribution in [0.25, 0.3) is 0 Å². The molecule has 2 atom stereocenters.